The van der Waals surface area contributed by atoms with Crippen LogP contribution in [0.1, 0.15) is 30.5 Å². The first-order valence-corrected chi connectivity index (χ1v) is 18.1. The third-order valence-corrected chi connectivity index (χ3v) is 9.62. The Hall–Kier alpha value is -3.30. The lowest BCUT2D eigenvalue weighted by Crippen LogP contribution is -2.72. The molecule has 0 spiro atoms. The van der Waals surface area contributed by atoms with Crippen molar-refractivity contribution in [2.24, 2.45) is 0 Å². The van der Waals surface area contributed by atoms with Gasteiger partial charge in [-0.3, -0.25) is 0 Å². The molecule has 0 saturated carbocycles. The number of ether oxygens (including phenoxy) is 10. The topological polar surface area (TPSA) is 113 Å². The van der Waals surface area contributed by atoms with Gasteiger partial charge in [0, 0.05) is 7.11 Å². The Morgan fingerprint density at radius 3 is 1.89 bits per heavy atom. The van der Waals surface area contributed by atoms with Gasteiger partial charge in [0.25, 0.3) is 0 Å². The summed E-state index contributed by atoms with van der Waals surface area (Å²) in [7, 11) is 1.56. The zero-order valence-electron chi connectivity index (χ0n) is 30.7. The number of rotatable bonds is 17. The van der Waals surface area contributed by atoms with Crippen LogP contribution in [0.3, 0.4) is 0 Å². The smallest absolute Gasteiger partial charge is 0.187 e. The summed E-state index contributed by atoms with van der Waals surface area (Å²) in [5, 5.41) is 12.0. The van der Waals surface area contributed by atoms with Gasteiger partial charge in [0.1, 0.15) is 48.3 Å². The van der Waals surface area contributed by atoms with Crippen LogP contribution in [0.25, 0.3) is 0 Å². The standard InChI is InChI=1S/C42H52O11/c1-6-23-46-35-33(43)39(53-42(7-2)28-49-41(3,4)52-38(35)42)51-34-32(27-45-24-29-17-11-8-12-18-29)50-40(44-5)37(48-26-31-21-15-10-16-22-31)36(34)47-25-30-19-13-9-14-20-30/h6-22,32-40,43H,1-2,23-28H2,3-5H3/t32-,33-,34-,35-,36+,37-,38+,39-,40+,42-/m1/s1. The van der Waals surface area contributed by atoms with Crippen LogP contribution in [0.2, 0.25) is 0 Å². The van der Waals surface area contributed by atoms with Crippen LogP contribution in [-0.2, 0) is 67.2 Å². The Balaban J connectivity index is 1.34. The zero-order chi connectivity index (χ0) is 37.3. The summed E-state index contributed by atoms with van der Waals surface area (Å²) in [6.45, 7) is 12.6. The Bertz CT molecular complexity index is 1560. The first-order chi connectivity index (χ1) is 25.8. The number of aliphatic hydroxyl groups is 1. The highest BCUT2D eigenvalue weighted by Crippen LogP contribution is 2.43. The van der Waals surface area contributed by atoms with Crippen LogP contribution >= 0.6 is 0 Å². The van der Waals surface area contributed by atoms with E-state index in [1.807, 2.05) is 91.0 Å². The van der Waals surface area contributed by atoms with Crippen molar-refractivity contribution >= 4 is 0 Å². The summed E-state index contributed by atoms with van der Waals surface area (Å²) in [5.74, 6) is -0.961. The molecule has 0 radical (unpaired) electrons. The molecule has 3 aromatic carbocycles. The molecular formula is C42H52O11. The number of aliphatic hydroxyl groups excluding tert-OH is 1. The maximum atomic E-state index is 12.0. The number of fused-ring (bicyclic) bond motifs is 1. The first kappa shape index (κ1) is 39.4. The van der Waals surface area contributed by atoms with Crippen LogP contribution < -0.4 is 0 Å². The van der Waals surface area contributed by atoms with Crippen LogP contribution in [0, 0.1) is 0 Å². The molecule has 6 rings (SSSR count). The Kier molecular flexibility index (Phi) is 13.6. The maximum Gasteiger partial charge on any atom is 0.187 e. The summed E-state index contributed by atoms with van der Waals surface area (Å²) in [5.41, 5.74) is 1.68. The lowest BCUT2D eigenvalue weighted by Gasteiger charge is -2.56. The van der Waals surface area contributed by atoms with Crippen LogP contribution in [0.15, 0.2) is 116 Å². The van der Waals surface area contributed by atoms with Crippen LogP contribution in [0.5, 0.6) is 0 Å². The van der Waals surface area contributed by atoms with E-state index < -0.39 is 66.7 Å². The van der Waals surface area contributed by atoms with Crippen molar-refractivity contribution in [3.05, 3.63) is 133 Å². The fraction of sp³-hybridized carbons (Fsp3) is 0.476. The minimum atomic E-state index is -1.31. The summed E-state index contributed by atoms with van der Waals surface area (Å²) < 4.78 is 64.2. The fourth-order valence-corrected chi connectivity index (χ4v) is 6.86. The lowest BCUT2D eigenvalue weighted by atomic mass is 9.85. The number of benzene rings is 3. The summed E-state index contributed by atoms with van der Waals surface area (Å²) in [6, 6.07) is 29.5. The molecule has 0 aliphatic carbocycles. The van der Waals surface area contributed by atoms with Gasteiger partial charge < -0.3 is 52.5 Å². The van der Waals surface area contributed by atoms with E-state index in [0.29, 0.717) is 6.61 Å². The monoisotopic (exact) mass is 732 g/mol. The third-order valence-electron chi connectivity index (χ3n) is 9.62. The highest BCUT2D eigenvalue weighted by molar-refractivity contribution is 5.16. The molecule has 53 heavy (non-hydrogen) atoms. The molecule has 0 unspecified atom stereocenters. The summed E-state index contributed by atoms with van der Waals surface area (Å²) >= 11 is 0. The quantitative estimate of drug-likeness (QED) is 0.178. The van der Waals surface area contributed by atoms with Crippen molar-refractivity contribution in [3.63, 3.8) is 0 Å². The van der Waals surface area contributed by atoms with Gasteiger partial charge in [-0.1, -0.05) is 103 Å². The summed E-state index contributed by atoms with van der Waals surface area (Å²) in [4.78, 5) is 0. The fourth-order valence-electron chi connectivity index (χ4n) is 6.86. The second-order valence-electron chi connectivity index (χ2n) is 13.9. The molecule has 3 aromatic rings. The highest BCUT2D eigenvalue weighted by atomic mass is 16.8. The van der Waals surface area contributed by atoms with Crippen LogP contribution in [-0.4, -0.2) is 98.7 Å². The minimum absolute atomic E-state index is 0.0853. The normalized spacial score (nSPS) is 32.4. The van der Waals surface area contributed by atoms with E-state index in [0.717, 1.165) is 16.7 Å². The molecule has 10 atom stereocenters. The van der Waals surface area contributed by atoms with Crippen molar-refractivity contribution in [2.75, 3.05) is 26.9 Å². The number of hydrogen-bond acceptors (Lipinski definition) is 11. The predicted octanol–water partition coefficient (Wildman–Crippen LogP) is 5.50. The largest absolute Gasteiger partial charge is 0.385 e. The molecule has 3 heterocycles. The Morgan fingerprint density at radius 1 is 0.736 bits per heavy atom. The van der Waals surface area contributed by atoms with Gasteiger partial charge in [-0.15, -0.1) is 13.2 Å². The lowest BCUT2D eigenvalue weighted by molar-refractivity contribution is -0.420. The molecule has 0 amide bonds. The molecule has 3 saturated heterocycles. The molecule has 0 aromatic heterocycles. The molecular weight excluding hydrogens is 680 g/mol. The van der Waals surface area contributed by atoms with E-state index in [-0.39, 0.29) is 33.0 Å². The van der Waals surface area contributed by atoms with Crippen molar-refractivity contribution in [1.29, 1.82) is 0 Å². The van der Waals surface area contributed by atoms with Gasteiger partial charge in [-0.2, -0.15) is 0 Å². The highest BCUT2D eigenvalue weighted by Gasteiger charge is 2.61. The van der Waals surface area contributed by atoms with E-state index in [2.05, 4.69) is 13.2 Å². The van der Waals surface area contributed by atoms with Crippen molar-refractivity contribution in [1.82, 2.24) is 0 Å². The van der Waals surface area contributed by atoms with E-state index in [1.54, 1.807) is 33.1 Å². The van der Waals surface area contributed by atoms with Gasteiger partial charge in [0.15, 0.2) is 18.4 Å². The second-order valence-corrected chi connectivity index (χ2v) is 13.9. The number of methoxy groups -OCH3 is 1. The molecule has 3 aliphatic rings. The van der Waals surface area contributed by atoms with E-state index >= 15 is 0 Å². The van der Waals surface area contributed by atoms with E-state index in [1.165, 1.54) is 0 Å². The molecule has 1 N–H and O–H groups in total. The summed E-state index contributed by atoms with van der Waals surface area (Å²) in [6.07, 6.45) is -5.08. The minimum Gasteiger partial charge on any atom is -0.385 e. The second kappa shape index (κ2) is 18.4. The Labute approximate surface area is 312 Å². The van der Waals surface area contributed by atoms with Gasteiger partial charge >= 0.3 is 0 Å². The molecule has 286 valence electrons. The molecule has 0 bridgehead atoms. The van der Waals surface area contributed by atoms with Gasteiger partial charge in [-0.25, -0.2) is 0 Å². The van der Waals surface area contributed by atoms with E-state index in [9.17, 15) is 5.11 Å². The first-order valence-electron chi connectivity index (χ1n) is 18.1. The molecule has 3 aliphatic heterocycles. The van der Waals surface area contributed by atoms with E-state index in [4.69, 9.17) is 47.4 Å². The van der Waals surface area contributed by atoms with Crippen LogP contribution in [0.4, 0.5) is 0 Å². The average molecular weight is 733 g/mol. The molecule has 3 fully saturated rings. The van der Waals surface area contributed by atoms with Gasteiger partial charge in [0.2, 0.25) is 0 Å². The third kappa shape index (κ3) is 9.69. The average Bonchev–Trinajstić information content (AvgIpc) is 3.18. The predicted molar refractivity (Wildman–Crippen MR) is 195 cm³/mol. The SMILES string of the molecule is C=CCO[C@@H]1[C@@H](O)[C@H](O[C@H]2[C@H](OCc3ccccc3)[C@@H](OCc3ccccc3)[C@@H](OC)O[C@@H]2COCc2ccccc2)O[C@]2(C=C)COC(C)(C)O[C@@H]12. The Morgan fingerprint density at radius 2 is 1.32 bits per heavy atom. The maximum absolute atomic E-state index is 12.0. The number of hydrogen-bond donors (Lipinski definition) is 1. The molecule has 11 nitrogen and oxygen atoms in total. The van der Waals surface area contributed by atoms with Gasteiger partial charge in [-0.05, 0) is 30.5 Å². The molecule has 11 heteroatoms. The van der Waals surface area contributed by atoms with Crippen molar-refractivity contribution < 1.29 is 52.5 Å². The van der Waals surface area contributed by atoms with Gasteiger partial charge in [0.05, 0.1) is 39.6 Å². The van der Waals surface area contributed by atoms with Crippen molar-refractivity contribution in [2.45, 2.75) is 100 Å². The zero-order valence-corrected chi connectivity index (χ0v) is 30.7. The van der Waals surface area contributed by atoms with Crippen molar-refractivity contribution in [3.8, 4) is 0 Å².